The number of nitrogens with zero attached hydrogens (tertiary/aromatic N) is 2. The Balaban J connectivity index is 2.05. The van der Waals surface area contributed by atoms with Crippen molar-refractivity contribution in [1.29, 1.82) is 0 Å². The molecule has 1 aromatic carbocycles. The fourth-order valence-electron chi connectivity index (χ4n) is 2.55. The second-order valence-corrected chi connectivity index (χ2v) is 5.05. The van der Waals surface area contributed by atoms with Crippen LogP contribution in [0.2, 0.25) is 0 Å². The maximum atomic E-state index is 12.5. The van der Waals surface area contributed by atoms with Gasteiger partial charge in [0.15, 0.2) is 5.78 Å². The van der Waals surface area contributed by atoms with Gasteiger partial charge in [-0.25, -0.2) is 0 Å². The van der Waals surface area contributed by atoms with Crippen LogP contribution < -0.4 is 0 Å². The summed E-state index contributed by atoms with van der Waals surface area (Å²) in [5.41, 5.74) is 2.27. The minimum atomic E-state index is -0.504. The number of carbonyl (C=O) groups is 2. The largest absolute Gasteiger partial charge is 0.466 e. The molecule has 2 aromatic heterocycles. The summed E-state index contributed by atoms with van der Waals surface area (Å²) >= 11 is 0. The van der Waals surface area contributed by atoms with Crippen LogP contribution in [0.25, 0.3) is 16.6 Å². The smallest absolute Gasteiger partial charge is 0.313 e. The van der Waals surface area contributed by atoms with E-state index in [1.54, 1.807) is 25.5 Å². The molecule has 0 aliphatic heterocycles. The van der Waals surface area contributed by atoms with Crippen molar-refractivity contribution in [1.82, 2.24) is 9.55 Å². The number of rotatable bonds is 5. The summed E-state index contributed by atoms with van der Waals surface area (Å²) < 4.78 is 6.76. The monoisotopic (exact) mass is 308 g/mol. The molecule has 0 amide bonds. The fraction of sp³-hybridized carbons (Fsp3) is 0.167. The van der Waals surface area contributed by atoms with Crippen LogP contribution in [-0.4, -0.2) is 27.9 Å². The molecule has 0 radical (unpaired) electrons. The Labute approximate surface area is 133 Å². The molecule has 0 fully saturated rings. The number of benzene rings is 1. The van der Waals surface area contributed by atoms with Gasteiger partial charge in [-0.2, -0.15) is 0 Å². The number of Topliss-reactive ketones (excluding diaryl/α,β-unsaturated/α-hetero) is 1. The van der Waals surface area contributed by atoms with E-state index < -0.39 is 5.97 Å². The summed E-state index contributed by atoms with van der Waals surface area (Å²) in [5.74, 6) is -0.752. The number of hydrogen-bond acceptors (Lipinski definition) is 4. The van der Waals surface area contributed by atoms with Gasteiger partial charge in [-0.1, -0.05) is 18.2 Å². The Kier molecular flexibility index (Phi) is 4.19. The van der Waals surface area contributed by atoms with Crippen molar-refractivity contribution < 1.29 is 14.3 Å². The first-order valence-corrected chi connectivity index (χ1v) is 7.40. The van der Waals surface area contributed by atoms with Crippen LogP contribution in [0, 0.1) is 0 Å². The lowest BCUT2D eigenvalue weighted by Gasteiger charge is -2.03. The van der Waals surface area contributed by atoms with E-state index >= 15 is 0 Å². The molecule has 0 spiro atoms. The summed E-state index contributed by atoms with van der Waals surface area (Å²) in [7, 11) is 0. The molecule has 0 bridgehead atoms. The highest BCUT2D eigenvalue weighted by Crippen LogP contribution is 2.25. The zero-order valence-corrected chi connectivity index (χ0v) is 12.7. The van der Waals surface area contributed by atoms with Crippen LogP contribution >= 0.6 is 0 Å². The topological polar surface area (TPSA) is 61.2 Å². The zero-order chi connectivity index (χ0) is 16.2. The lowest BCUT2D eigenvalue weighted by Crippen LogP contribution is -2.11. The third-order valence-corrected chi connectivity index (χ3v) is 3.55. The quantitative estimate of drug-likeness (QED) is 0.413. The lowest BCUT2D eigenvalue weighted by atomic mass is 10.1. The van der Waals surface area contributed by atoms with Gasteiger partial charge in [0.1, 0.15) is 6.42 Å². The van der Waals surface area contributed by atoms with Crippen LogP contribution in [0.4, 0.5) is 0 Å². The number of ether oxygens (including phenoxy) is 1. The van der Waals surface area contributed by atoms with Crippen molar-refractivity contribution in [2.45, 2.75) is 13.3 Å². The van der Waals surface area contributed by atoms with E-state index in [1.165, 1.54) is 0 Å². The van der Waals surface area contributed by atoms with Gasteiger partial charge in [0.05, 0.1) is 24.0 Å². The highest BCUT2D eigenvalue weighted by Gasteiger charge is 2.18. The summed E-state index contributed by atoms with van der Waals surface area (Å²) in [5, 5.41) is 0.811. The van der Waals surface area contributed by atoms with E-state index in [-0.39, 0.29) is 18.8 Å². The molecule has 116 valence electrons. The molecular weight excluding hydrogens is 292 g/mol. The van der Waals surface area contributed by atoms with Crippen molar-refractivity contribution in [3.63, 3.8) is 0 Å². The number of esters is 1. The van der Waals surface area contributed by atoms with Crippen LogP contribution in [0.5, 0.6) is 0 Å². The number of aromatic nitrogens is 2. The predicted octanol–water partition coefficient (Wildman–Crippen LogP) is 3.16. The molecule has 3 aromatic rings. The standard InChI is InChI=1S/C18H16N2O3/c1-2-23-18(22)10-17(21)15-12-20(13-6-5-9-19-11-13)16-8-4-3-7-14(15)16/h3-9,11-12H,2,10H2,1H3. The fourth-order valence-corrected chi connectivity index (χ4v) is 2.55. The number of pyridine rings is 1. The van der Waals surface area contributed by atoms with E-state index in [1.807, 2.05) is 41.0 Å². The molecule has 0 saturated heterocycles. The SMILES string of the molecule is CCOC(=O)CC(=O)c1cn(-c2cccnc2)c2ccccc12. The molecule has 3 rings (SSSR count). The van der Waals surface area contributed by atoms with Crippen molar-refractivity contribution in [3.8, 4) is 5.69 Å². The zero-order valence-electron chi connectivity index (χ0n) is 12.7. The van der Waals surface area contributed by atoms with E-state index in [0.29, 0.717) is 5.56 Å². The Hall–Kier alpha value is -2.95. The number of hydrogen-bond donors (Lipinski definition) is 0. The molecule has 5 nitrogen and oxygen atoms in total. The lowest BCUT2D eigenvalue weighted by molar-refractivity contribution is -0.141. The van der Waals surface area contributed by atoms with E-state index in [4.69, 9.17) is 4.74 Å². The van der Waals surface area contributed by atoms with Gasteiger partial charge in [0.2, 0.25) is 0 Å². The molecule has 0 aliphatic carbocycles. The summed E-state index contributed by atoms with van der Waals surface area (Å²) in [6.45, 7) is 1.99. The Morgan fingerprint density at radius 1 is 1.17 bits per heavy atom. The maximum Gasteiger partial charge on any atom is 0.313 e. The Morgan fingerprint density at radius 3 is 2.74 bits per heavy atom. The highest BCUT2D eigenvalue weighted by molar-refractivity contribution is 6.13. The average Bonchev–Trinajstić information content (AvgIpc) is 2.95. The molecule has 0 unspecified atom stereocenters. The maximum absolute atomic E-state index is 12.5. The van der Waals surface area contributed by atoms with Gasteiger partial charge in [-0.3, -0.25) is 14.6 Å². The minimum Gasteiger partial charge on any atom is -0.466 e. The first kappa shape index (κ1) is 15.0. The third kappa shape index (κ3) is 2.99. The van der Waals surface area contributed by atoms with Gasteiger partial charge < -0.3 is 9.30 Å². The first-order chi connectivity index (χ1) is 11.2. The molecule has 0 saturated carbocycles. The molecule has 0 aliphatic rings. The molecule has 23 heavy (non-hydrogen) atoms. The first-order valence-electron chi connectivity index (χ1n) is 7.40. The van der Waals surface area contributed by atoms with Crippen LogP contribution in [0.1, 0.15) is 23.7 Å². The van der Waals surface area contributed by atoms with Crippen molar-refractivity contribution >= 4 is 22.7 Å². The molecule has 0 atom stereocenters. The third-order valence-electron chi connectivity index (χ3n) is 3.55. The van der Waals surface area contributed by atoms with Gasteiger partial charge in [-0.05, 0) is 25.1 Å². The van der Waals surface area contributed by atoms with E-state index in [2.05, 4.69) is 4.98 Å². The minimum absolute atomic E-state index is 0.248. The second kappa shape index (κ2) is 6.44. The van der Waals surface area contributed by atoms with E-state index in [9.17, 15) is 9.59 Å². The summed E-state index contributed by atoms with van der Waals surface area (Å²) in [4.78, 5) is 28.2. The average molecular weight is 308 g/mol. The molecule has 0 N–H and O–H groups in total. The van der Waals surface area contributed by atoms with Gasteiger partial charge in [-0.15, -0.1) is 0 Å². The van der Waals surface area contributed by atoms with Crippen LogP contribution in [-0.2, 0) is 9.53 Å². The van der Waals surface area contributed by atoms with E-state index in [0.717, 1.165) is 16.6 Å². The summed E-state index contributed by atoms with van der Waals surface area (Å²) in [6.07, 6.45) is 4.92. The van der Waals surface area contributed by atoms with Gasteiger partial charge in [0.25, 0.3) is 0 Å². The number of fused-ring (bicyclic) bond motifs is 1. The molecule has 2 heterocycles. The van der Waals surface area contributed by atoms with Crippen molar-refractivity contribution in [2.75, 3.05) is 6.61 Å². The predicted molar refractivity (Wildman–Crippen MR) is 86.7 cm³/mol. The molecule has 5 heteroatoms. The Morgan fingerprint density at radius 2 is 2.00 bits per heavy atom. The van der Waals surface area contributed by atoms with Gasteiger partial charge in [0, 0.05) is 23.3 Å². The Bertz CT molecular complexity index is 853. The number of ketones is 1. The van der Waals surface area contributed by atoms with Crippen LogP contribution in [0.3, 0.4) is 0 Å². The summed E-state index contributed by atoms with van der Waals surface area (Å²) in [6, 6.07) is 11.3. The van der Waals surface area contributed by atoms with Crippen molar-refractivity contribution in [3.05, 3.63) is 60.6 Å². The van der Waals surface area contributed by atoms with Gasteiger partial charge >= 0.3 is 5.97 Å². The van der Waals surface area contributed by atoms with Crippen LogP contribution in [0.15, 0.2) is 55.0 Å². The molecular formula is C18H16N2O3. The second-order valence-electron chi connectivity index (χ2n) is 5.05. The number of para-hydroxylation sites is 1. The van der Waals surface area contributed by atoms with Crippen molar-refractivity contribution in [2.24, 2.45) is 0 Å². The number of carbonyl (C=O) groups excluding carboxylic acids is 2. The highest BCUT2D eigenvalue weighted by atomic mass is 16.5. The normalized spacial score (nSPS) is 10.7.